The van der Waals surface area contributed by atoms with Gasteiger partial charge in [0.25, 0.3) is 0 Å². The van der Waals surface area contributed by atoms with Crippen LogP contribution in [-0.2, 0) is 4.79 Å². The summed E-state index contributed by atoms with van der Waals surface area (Å²) in [6.07, 6.45) is 6.69. The normalized spacial score (nSPS) is 21.7. The third-order valence-electron chi connectivity index (χ3n) is 2.75. The molecule has 0 unspecified atom stereocenters. The second-order valence-corrected chi connectivity index (χ2v) is 3.85. The quantitative estimate of drug-likeness (QED) is 0.295. The minimum Gasteiger partial charge on any atom is -0.361 e. The van der Waals surface area contributed by atoms with Crippen LogP contribution in [0.1, 0.15) is 25.7 Å². The predicted octanol–water partition coefficient (Wildman–Crippen LogP) is 1.29. The van der Waals surface area contributed by atoms with Crippen molar-refractivity contribution in [2.45, 2.75) is 31.7 Å². The highest BCUT2D eigenvalue weighted by Crippen LogP contribution is 2.19. The van der Waals surface area contributed by atoms with Gasteiger partial charge in [-0.25, -0.2) is 0 Å². The summed E-state index contributed by atoms with van der Waals surface area (Å²) in [4.78, 5) is 16.3. The summed E-state index contributed by atoms with van der Waals surface area (Å²) in [5, 5.41) is 0. The zero-order chi connectivity index (χ0) is 11.1. The van der Waals surface area contributed by atoms with E-state index in [0.717, 1.165) is 25.7 Å². The van der Waals surface area contributed by atoms with Gasteiger partial charge in [0.1, 0.15) is 0 Å². The van der Waals surface area contributed by atoms with Gasteiger partial charge >= 0.3 is 6.21 Å². The Morgan fingerprint density at radius 3 is 3.07 bits per heavy atom. The lowest BCUT2D eigenvalue weighted by atomic mass is 9.98. The second kappa shape index (κ2) is 6.27. The van der Waals surface area contributed by atoms with Crippen LogP contribution in [0.3, 0.4) is 0 Å². The molecule has 0 aromatic rings. The molecule has 0 saturated carbocycles. The number of piperidine rings is 1. The topological polar surface area (TPSA) is 56.7 Å². The number of rotatable bonds is 5. The Kier molecular flexibility index (Phi) is 4.95. The van der Waals surface area contributed by atoms with Crippen molar-refractivity contribution in [3.8, 4) is 0 Å². The van der Waals surface area contributed by atoms with E-state index >= 15 is 0 Å². The minimum atomic E-state index is -0.113. The Morgan fingerprint density at radius 1 is 1.60 bits per heavy atom. The first-order chi connectivity index (χ1) is 7.27. The van der Waals surface area contributed by atoms with Crippen LogP contribution in [0.25, 0.3) is 5.53 Å². The van der Waals surface area contributed by atoms with Crippen molar-refractivity contribution in [3.05, 3.63) is 18.2 Å². The van der Waals surface area contributed by atoms with Crippen molar-refractivity contribution >= 4 is 12.0 Å². The van der Waals surface area contributed by atoms with Gasteiger partial charge in [0.2, 0.25) is 5.78 Å². The van der Waals surface area contributed by atoms with Crippen molar-refractivity contribution in [3.63, 3.8) is 0 Å². The number of ketones is 1. The number of nitrogens with zero attached hydrogens (tertiary/aromatic N) is 3. The molecule has 1 heterocycles. The number of likely N-dealkylation sites (tertiary alicyclic amines) is 1. The van der Waals surface area contributed by atoms with Gasteiger partial charge in [0.15, 0.2) is 0 Å². The maximum Gasteiger partial charge on any atom is 0.323 e. The number of Topliss-reactive ketones (excluding diaryl/α,β-unsaturated/α-hetero) is 1. The molecule has 82 valence electrons. The fourth-order valence-corrected chi connectivity index (χ4v) is 2.05. The Hall–Kier alpha value is -1.25. The molecule has 0 spiro atoms. The molecule has 0 N–H and O–H groups in total. The Balaban J connectivity index is 2.51. The summed E-state index contributed by atoms with van der Waals surface area (Å²) < 4.78 is 0. The summed E-state index contributed by atoms with van der Waals surface area (Å²) in [7, 11) is 0. The number of carbonyl (C=O) groups excluding carboxylic acids is 1. The summed E-state index contributed by atoms with van der Waals surface area (Å²) in [6.45, 7) is 5.57. The summed E-state index contributed by atoms with van der Waals surface area (Å²) in [6, 6.07) is 0.280. The number of carbonyl (C=O) groups is 1. The Bertz CT molecular complexity index is 282. The molecule has 1 rings (SSSR count). The van der Waals surface area contributed by atoms with E-state index in [4.69, 9.17) is 5.53 Å². The van der Waals surface area contributed by atoms with Crippen LogP contribution in [0, 0.1) is 0 Å². The summed E-state index contributed by atoms with van der Waals surface area (Å²) in [5.41, 5.74) is 8.25. The van der Waals surface area contributed by atoms with Crippen molar-refractivity contribution in [2.24, 2.45) is 0 Å². The zero-order valence-corrected chi connectivity index (χ0v) is 8.93. The highest BCUT2D eigenvalue weighted by atomic mass is 16.1. The lowest BCUT2D eigenvalue weighted by molar-refractivity contribution is -0.117. The molecular weight excluding hydrogens is 190 g/mol. The predicted molar refractivity (Wildman–Crippen MR) is 58.7 cm³/mol. The first-order valence-electron chi connectivity index (χ1n) is 5.33. The summed E-state index contributed by atoms with van der Waals surface area (Å²) >= 11 is 0. The molecule has 0 aliphatic carbocycles. The molecule has 1 aliphatic rings. The molecule has 15 heavy (non-hydrogen) atoms. The van der Waals surface area contributed by atoms with E-state index < -0.39 is 0 Å². The van der Waals surface area contributed by atoms with Crippen LogP contribution in [0.4, 0.5) is 0 Å². The van der Waals surface area contributed by atoms with Gasteiger partial charge in [0, 0.05) is 19.0 Å². The molecule has 0 aromatic heterocycles. The van der Waals surface area contributed by atoms with Gasteiger partial charge < -0.3 is 5.53 Å². The highest BCUT2D eigenvalue weighted by molar-refractivity contribution is 6.25. The van der Waals surface area contributed by atoms with Crippen molar-refractivity contribution in [2.75, 3.05) is 13.1 Å². The van der Waals surface area contributed by atoms with Gasteiger partial charge in [-0.15, -0.1) is 6.58 Å². The van der Waals surface area contributed by atoms with Crippen molar-refractivity contribution in [1.29, 1.82) is 0 Å². The Morgan fingerprint density at radius 2 is 2.40 bits per heavy atom. The lowest BCUT2D eigenvalue weighted by Crippen LogP contribution is -2.40. The first kappa shape index (κ1) is 11.8. The largest absolute Gasteiger partial charge is 0.361 e. The maximum absolute atomic E-state index is 11.3. The average Bonchev–Trinajstić information content (AvgIpc) is 2.21. The molecule has 0 bridgehead atoms. The van der Waals surface area contributed by atoms with E-state index in [-0.39, 0.29) is 11.8 Å². The maximum atomic E-state index is 11.3. The number of hydrogen-bond donors (Lipinski definition) is 0. The van der Waals surface area contributed by atoms with Gasteiger partial charge in [0.05, 0.1) is 0 Å². The molecular formula is C11H17N3O. The molecule has 4 heteroatoms. The van der Waals surface area contributed by atoms with Crippen molar-refractivity contribution < 1.29 is 9.58 Å². The SMILES string of the molecule is C=CCN1CCCC[C@H]1CC(=O)C=[N+]=[N-]. The fourth-order valence-electron chi connectivity index (χ4n) is 2.05. The van der Waals surface area contributed by atoms with Crippen LogP contribution in [0.15, 0.2) is 12.7 Å². The minimum absolute atomic E-state index is 0.113. The lowest BCUT2D eigenvalue weighted by Gasteiger charge is -2.34. The van der Waals surface area contributed by atoms with Gasteiger partial charge in [-0.2, -0.15) is 4.79 Å². The summed E-state index contributed by atoms with van der Waals surface area (Å²) in [5.74, 6) is -0.113. The molecule has 0 amide bonds. The van der Waals surface area contributed by atoms with E-state index in [1.54, 1.807) is 0 Å². The van der Waals surface area contributed by atoms with E-state index in [1.165, 1.54) is 12.8 Å². The standard InChI is InChI=1S/C11H17N3O/c1-2-6-14-7-4-3-5-10(14)8-11(15)9-13-12/h2,9-10H,1,3-8H2/t10-/m0/s1. The molecule has 1 fully saturated rings. The molecule has 1 saturated heterocycles. The first-order valence-corrected chi connectivity index (χ1v) is 5.33. The smallest absolute Gasteiger partial charge is 0.323 e. The molecule has 1 atom stereocenters. The number of hydrogen-bond acceptors (Lipinski definition) is 2. The monoisotopic (exact) mass is 207 g/mol. The molecule has 1 aliphatic heterocycles. The van der Waals surface area contributed by atoms with Gasteiger partial charge in [-0.3, -0.25) is 9.69 Å². The van der Waals surface area contributed by atoms with E-state index in [9.17, 15) is 4.79 Å². The third kappa shape index (κ3) is 3.78. The van der Waals surface area contributed by atoms with Gasteiger partial charge in [-0.1, -0.05) is 12.5 Å². The second-order valence-electron chi connectivity index (χ2n) is 3.85. The van der Waals surface area contributed by atoms with Gasteiger partial charge in [-0.05, 0) is 19.4 Å². The van der Waals surface area contributed by atoms with E-state index in [2.05, 4.69) is 16.3 Å². The van der Waals surface area contributed by atoms with E-state index in [0.29, 0.717) is 6.42 Å². The Labute approximate surface area is 90.2 Å². The van der Waals surface area contributed by atoms with E-state index in [1.807, 2.05) is 6.08 Å². The molecule has 0 aromatic carbocycles. The highest BCUT2D eigenvalue weighted by Gasteiger charge is 2.23. The van der Waals surface area contributed by atoms with Crippen LogP contribution in [-0.4, -0.2) is 40.8 Å². The van der Waals surface area contributed by atoms with Crippen LogP contribution in [0.5, 0.6) is 0 Å². The zero-order valence-electron chi connectivity index (χ0n) is 8.93. The third-order valence-corrected chi connectivity index (χ3v) is 2.75. The van der Waals surface area contributed by atoms with Crippen molar-refractivity contribution in [1.82, 2.24) is 4.90 Å². The average molecular weight is 207 g/mol. The van der Waals surface area contributed by atoms with Crippen LogP contribution in [0.2, 0.25) is 0 Å². The fraction of sp³-hybridized carbons (Fsp3) is 0.636. The van der Waals surface area contributed by atoms with Crippen LogP contribution >= 0.6 is 0 Å². The molecule has 0 radical (unpaired) electrons. The molecule has 4 nitrogen and oxygen atoms in total. The van der Waals surface area contributed by atoms with Crippen LogP contribution < -0.4 is 0 Å².